The number of ether oxygens (including phenoxy) is 1. The van der Waals surface area contributed by atoms with Crippen LogP contribution < -0.4 is 0 Å². The molecule has 23 heavy (non-hydrogen) atoms. The van der Waals surface area contributed by atoms with Gasteiger partial charge < -0.3 is 9.14 Å². The second-order valence-corrected chi connectivity index (χ2v) is 6.20. The first-order valence-electron chi connectivity index (χ1n) is 7.14. The first-order valence-corrected chi connectivity index (χ1v) is 8.02. The number of pyridine rings is 1. The van der Waals surface area contributed by atoms with Gasteiger partial charge in [-0.25, -0.2) is 14.8 Å². The van der Waals surface area contributed by atoms with Crippen LogP contribution in [0.2, 0.25) is 0 Å². The van der Waals surface area contributed by atoms with E-state index in [0.29, 0.717) is 5.56 Å². The molecule has 0 N–H and O–H groups in total. The SMILES string of the molecule is Cc1ccc2nc(COC(=O)c3ccc4ncsc4c3)cn2c1. The van der Waals surface area contributed by atoms with E-state index < -0.39 is 0 Å². The van der Waals surface area contributed by atoms with E-state index in [2.05, 4.69) is 9.97 Å². The molecule has 5 nitrogen and oxygen atoms in total. The van der Waals surface area contributed by atoms with Crippen LogP contribution in [0.1, 0.15) is 21.6 Å². The third-order valence-corrected chi connectivity index (χ3v) is 4.36. The molecule has 0 fully saturated rings. The maximum absolute atomic E-state index is 12.2. The molecule has 4 rings (SSSR count). The lowest BCUT2D eigenvalue weighted by Gasteiger charge is -2.02. The van der Waals surface area contributed by atoms with Crippen LogP contribution in [0, 0.1) is 6.92 Å². The van der Waals surface area contributed by atoms with E-state index in [1.807, 2.05) is 48.0 Å². The molecule has 0 saturated carbocycles. The molecule has 3 heterocycles. The van der Waals surface area contributed by atoms with E-state index in [1.54, 1.807) is 11.6 Å². The van der Waals surface area contributed by atoms with Crippen LogP contribution in [0.15, 0.2) is 48.2 Å². The van der Waals surface area contributed by atoms with Crippen LogP contribution in [0.25, 0.3) is 15.9 Å². The molecular formula is C17H13N3O2S. The summed E-state index contributed by atoms with van der Waals surface area (Å²) in [6.07, 6.45) is 3.87. The van der Waals surface area contributed by atoms with Gasteiger partial charge in [0.2, 0.25) is 0 Å². The predicted molar refractivity (Wildman–Crippen MR) is 88.7 cm³/mol. The van der Waals surface area contributed by atoms with Crippen molar-refractivity contribution in [2.75, 3.05) is 0 Å². The number of rotatable bonds is 3. The number of aromatic nitrogens is 3. The van der Waals surface area contributed by atoms with Gasteiger partial charge >= 0.3 is 5.97 Å². The minimum Gasteiger partial charge on any atom is -0.456 e. The van der Waals surface area contributed by atoms with Crippen molar-refractivity contribution in [3.63, 3.8) is 0 Å². The molecule has 3 aromatic heterocycles. The standard InChI is InChI=1S/C17H13N3O2S/c1-11-2-5-16-19-13(8-20(16)7-11)9-22-17(21)12-3-4-14-15(6-12)23-10-18-14/h2-8,10H,9H2,1H3. The number of carbonyl (C=O) groups is 1. The Kier molecular flexibility index (Phi) is 3.31. The molecule has 0 spiro atoms. The lowest BCUT2D eigenvalue weighted by atomic mass is 10.2. The van der Waals surface area contributed by atoms with Gasteiger partial charge in [0.05, 0.1) is 27.0 Å². The number of thiazole rings is 1. The summed E-state index contributed by atoms with van der Waals surface area (Å²) in [6, 6.07) is 9.32. The van der Waals surface area contributed by atoms with Crippen LogP contribution in [0.4, 0.5) is 0 Å². The molecule has 0 amide bonds. The van der Waals surface area contributed by atoms with Gasteiger partial charge in [0.25, 0.3) is 0 Å². The molecule has 114 valence electrons. The fourth-order valence-corrected chi connectivity index (χ4v) is 3.15. The largest absolute Gasteiger partial charge is 0.456 e. The number of benzene rings is 1. The molecule has 0 aliphatic rings. The van der Waals surface area contributed by atoms with Crippen molar-refractivity contribution in [2.45, 2.75) is 13.5 Å². The van der Waals surface area contributed by atoms with E-state index in [1.165, 1.54) is 11.3 Å². The van der Waals surface area contributed by atoms with E-state index in [9.17, 15) is 4.79 Å². The first kappa shape index (κ1) is 13.9. The van der Waals surface area contributed by atoms with Crippen molar-refractivity contribution in [2.24, 2.45) is 0 Å². The smallest absolute Gasteiger partial charge is 0.338 e. The van der Waals surface area contributed by atoms with Crippen LogP contribution in [-0.4, -0.2) is 20.3 Å². The van der Waals surface area contributed by atoms with Crippen molar-refractivity contribution in [1.82, 2.24) is 14.4 Å². The summed E-state index contributed by atoms with van der Waals surface area (Å²) in [7, 11) is 0. The highest BCUT2D eigenvalue weighted by atomic mass is 32.1. The van der Waals surface area contributed by atoms with E-state index in [4.69, 9.17) is 4.74 Å². The van der Waals surface area contributed by atoms with Gasteiger partial charge in [-0.15, -0.1) is 11.3 Å². The third kappa shape index (κ3) is 2.68. The topological polar surface area (TPSA) is 56.5 Å². The van der Waals surface area contributed by atoms with Crippen LogP contribution in [0.5, 0.6) is 0 Å². The zero-order chi connectivity index (χ0) is 15.8. The molecular weight excluding hydrogens is 310 g/mol. The summed E-state index contributed by atoms with van der Waals surface area (Å²) in [5.74, 6) is -0.353. The highest BCUT2D eigenvalue weighted by molar-refractivity contribution is 7.16. The molecule has 1 aromatic carbocycles. The van der Waals surface area contributed by atoms with E-state index in [-0.39, 0.29) is 12.6 Å². The molecule has 4 aromatic rings. The lowest BCUT2D eigenvalue weighted by molar-refractivity contribution is 0.0468. The number of imidazole rings is 1. The van der Waals surface area contributed by atoms with E-state index in [0.717, 1.165) is 27.1 Å². The quantitative estimate of drug-likeness (QED) is 0.540. The summed E-state index contributed by atoms with van der Waals surface area (Å²) in [4.78, 5) is 20.8. The monoisotopic (exact) mass is 323 g/mol. The minimum absolute atomic E-state index is 0.153. The lowest BCUT2D eigenvalue weighted by Crippen LogP contribution is -2.05. The summed E-state index contributed by atoms with van der Waals surface area (Å²) < 4.78 is 8.28. The zero-order valence-electron chi connectivity index (χ0n) is 12.4. The van der Waals surface area contributed by atoms with Gasteiger partial charge in [0.15, 0.2) is 0 Å². The van der Waals surface area contributed by atoms with Crippen molar-refractivity contribution >= 4 is 33.2 Å². The van der Waals surface area contributed by atoms with Crippen LogP contribution in [-0.2, 0) is 11.3 Å². The summed E-state index contributed by atoms with van der Waals surface area (Å²) in [5, 5.41) is 0. The molecule has 6 heteroatoms. The number of hydrogen-bond donors (Lipinski definition) is 0. The Hall–Kier alpha value is -2.73. The molecule has 0 bridgehead atoms. The number of esters is 1. The Bertz CT molecular complexity index is 1020. The highest BCUT2D eigenvalue weighted by Crippen LogP contribution is 2.20. The number of hydrogen-bond acceptors (Lipinski definition) is 5. The third-order valence-electron chi connectivity index (χ3n) is 3.57. The summed E-state index contributed by atoms with van der Waals surface area (Å²) in [5.41, 5.74) is 5.90. The van der Waals surface area contributed by atoms with Gasteiger partial charge in [-0.05, 0) is 36.8 Å². The molecule has 0 aliphatic heterocycles. The van der Waals surface area contributed by atoms with E-state index >= 15 is 0 Å². The first-order chi connectivity index (χ1) is 11.2. The molecule has 0 radical (unpaired) electrons. The average Bonchev–Trinajstić information content (AvgIpc) is 3.17. The minimum atomic E-state index is -0.353. The Morgan fingerprint density at radius 2 is 2.17 bits per heavy atom. The van der Waals surface area contributed by atoms with Crippen molar-refractivity contribution in [1.29, 1.82) is 0 Å². The predicted octanol–water partition coefficient (Wildman–Crippen LogP) is 3.61. The van der Waals surface area contributed by atoms with Crippen LogP contribution in [0.3, 0.4) is 0 Å². The summed E-state index contributed by atoms with van der Waals surface area (Å²) >= 11 is 1.50. The van der Waals surface area contributed by atoms with Crippen LogP contribution >= 0.6 is 11.3 Å². The van der Waals surface area contributed by atoms with Gasteiger partial charge in [0.1, 0.15) is 12.3 Å². The molecule has 0 saturated heterocycles. The fraction of sp³-hybridized carbons (Fsp3) is 0.118. The second kappa shape index (κ2) is 5.48. The maximum atomic E-state index is 12.2. The van der Waals surface area contributed by atoms with Gasteiger partial charge in [0, 0.05) is 12.4 Å². The Morgan fingerprint density at radius 1 is 1.26 bits per heavy atom. The molecule has 0 aliphatic carbocycles. The number of carbonyl (C=O) groups excluding carboxylic acids is 1. The van der Waals surface area contributed by atoms with Gasteiger partial charge in [-0.2, -0.15) is 0 Å². The zero-order valence-corrected chi connectivity index (χ0v) is 13.2. The summed E-state index contributed by atoms with van der Waals surface area (Å²) in [6.45, 7) is 2.18. The normalized spacial score (nSPS) is 11.2. The second-order valence-electron chi connectivity index (χ2n) is 5.32. The number of nitrogens with zero attached hydrogens (tertiary/aromatic N) is 3. The maximum Gasteiger partial charge on any atom is 0.338 e. The number of fused-ring (bicyclic) bond motifs is 2. The van der Waals surface area contributed by atoms with Gasteiger partial charge in [-0.1, -0.05) is 6.07 Å². The fourth-order valence-electron chi connectivity index (χ4n) is 2.43. The molecule has 0 atom stereocenters. The highest BCUT2D eigenvalue weighted by Gasteiger charge is 2.10. The van der Waals surface area contributed by atoms with Crippen molar-refractivity contribution in [3.05, 3.63) is 65.1 Å². The number of aryl methyl sites for hydroxylation is 1. The Morgan fingerprint density at radius 3 is 3.09 bits per heavy atom. The van der Waals surface area contributed by atoms with Gasteiger partial charge in [-0.3, -0.25) is 0 Å². The average molecular weight is 323 g/mol. The Balaban J connectivity index is 1.51. The molecule has 0 unspecified atom stereocenters. The Labute approximate surface area is 136 Å². The van der Waals surface area contributed by atoms with Crippen molar-refractivity contribution < 1.29 is 9.53 Å². The van der Waals surface area contributed by atoms with Crippen molar-refractivity contribution in [3.8, 4) is 0 Å².